The molecule has 0 aliphatic heterocycles. The zero-order chi connectivity index (χ0) is 23.5. The lowest BCUT2D eigenvalue weighted by molar-refractivity contribution is 0.0925. The second-order valence-electron chi connectivity index (χ2n) is 8.51. The molecule has 0 bridgehead atoms. The van der Waals surface area contributed by atoms with Gasteiger partial charge in [0.05, 0.1) is 11.3 Å². The first-order valence-corrected chi connectivity index (χ1v) is 11.4. The lowest BCUT2D eigenvalue weighted by atomic mass is 10.0. The summed E-state index contributed by atoms with van der Waals surface area (Å²) in [6.07, 6.45) is 5.99. The summed E-state index contributed by atoms with van der Waals surface area (Å²) >= 11 is 0. The first kappa shape index (κ1) is 21.6. The van der Waals surface area contributed by atoms with Crippen LogP contribution in [0.2, 0.25) is 0 Å². The number of nitrogens with one attached hydrogen (secondary N) is 3. The maximum absolute atomic E-state index is 12.5. The van der Waals surface area contributed by atoms with Crippen LogP contribution in [0.3, 0.4) is 0 Å². The minimum absolute atomic E-state index is 0.261. The number of fused-ring (bicyclic) bond motifs is 1. The first-order chi connectivity index (χ1) is 16.6. The van der Waals surface area contributed by atoms with Crippen LogP contribution in [0.4, 0.5) is 11.6 Å². The monoisotopic (exact) mass is 454 g/mol. The number of nitrogen functional groups attached to an aromatic ring is 1. The van der Waals surface area contributed by atoms with Crippen molar-refractivity contribution < 1.29 is 9.21 Å². The van der Waals surface area contributed by atoms with Gasteiger partial charge < -0.3 is 20.8 Å². The SMILES string of the molecule is N=C(c1ccc(CNC(=O)c2cc3ccccc3o2)cc1)c1c(N)ncnc1NC1CCCC1. The van der Waals surface area contributed by atoms with Gasteiger partial charge in [-0.1, -0.05) is 55.3 Å². The quantitative estimate of drug-likeness (QED) is 0.304. The van der Waals surface area contributed by atoms with E-state index in [1.165, 1.54) is 19.2 Å². The molecule has 1 fully saturated rings. The highest BCUT2D eigenvalue weighted by Crippen LogP contribution is 2.27. The average molecular weight is 455 g/mol. The van der Waals surface area contributed by atoms with Gasteiger partial charge in [-0.2, -0.15) is 0 Å². The van der Waals surface area contributed by atoms with Gasteiger partial charge in [-0.3, -0.25) is 10.2 Å². The van der Waals surface area contributed by atoms with Crippen molar-refractivity contribution in [2.24, 2.45) is 0 Å². The van der Waals surface area contributed by atoms with Crippen LogP contribution in [0, 0.1) is 5.41 Å². The molecule has 0 saturated heterocycles. The van der Waals surface area contributed by atoms with E-state index in [2.05, 4.69) is 20.6 Å². The van der Waals surface area contributed by atoms with Gasteiger partial charge in [0.25, 0.3) is 5.91 Å². The number of amides is 1. The number of carbonyl (C=O) groups is 1. The van der Waals surface area contributed by atoms with Gasteiger partial charge in [0.15, 0.2) is 5.76 Å². The van der Waals surface area contributed by atoms with Crippen molar-refractivity contribution in [1.29, 1.82) is 5.41 Å². The number of hydrogen-bond acceptors (Lipinski definition) is 7. The summed E-state index contributed by atoms with van der Waals surface area (Å²) in [5, 5.41) is 16.0. The van der Waals surface area contributed by atoms with E-state index in [4.69, 9.17) is 15.6 Å². The minimum atomic E-state index is -0.273. The van der Waals surface area contributed by atoms with Crippen LogP contribution in [-0.2, 0) is 6.54 Å². The molecule has 1 aliphatic carbocycles. The molecule has 8 nitrogen and oxygen atoms in total. The number of benzene rings is 2. The van der Waals surface area contributed by atoms with Crippen molar-refractivity contribution in [2.75, 3.05) is 11.1 Å². The van der Waals surface area contributed by atoms with Gasteiger partial charge in [-0.25, -0.2) is 9.97 Å². The summed E-state index contributed by atoms with van der Waals surface area (Å²) < 4.78 is 5.62. The average Bonchev–Trinajstić information content (AvgIpc) is 3.52. The number of nitrogens with zero attached hydrogens (tertiary/aromatic N) is 2. The summed E-state index contributed by atoms with van der Waals surface area (Å²) in [6.45, 7) is 0.342. The lowest BCUT2D eigenvalue weighted by Gasteiger charge is -2.17. The molecule has 2 aromatic heterocycles. The molecule has 1 amide bonds. The topological polar surface area (TPSA) is 130 Å². The molecule has 0 radical (unpaired) electrons. The number of rotatable bonds is 7. The molecule has 1 saturated carbocycles. The van der Waals surface area contributed by atoms with Gasteiger partial charge in [0, 0.05) is 23.5 Å². The summed E-state index contributed by atoms with van der Waals surface area (Å²) in [7, 11) is 0. The fraction of sp³-hybridized carbons (Fsp3) is 0.231. The van der Waals surface area contributed by atoms with Crippen LogP contribution >= 0.6 is 0 Å². The molecule has 0 spiro atoms. The van der Waals surface area contributed by atoms with Gasteiger partial charge in [0.1, 0.15) is 23.5 Å². The predicted molar refractivity (Wildman–Crippen MR) is 132 cm³/mol. The van der Waals surface area contributed by atoms with Crippen molar-refractivity contribution in [3.05, 3.63) is 83.4 Å². The molecular formula is C26H26N6O2. The maximum atomic E-state index is 12.5. The third kappa shape index (κ3) is 4.47. The Labute approximate surface area is 197 Å². The van der Waals surface area contributed by atoms with E-state index in [0.717, 1.165) is 23.8 Å². The fourth-order valence-corrected chi connectivity index (χ4v) is 4.32. The van der Waals surface area contributed by atoms with E-state index >= 15 is 0 Å². The maximum Gasteiger partial charge on any atom is 0.287 e. The number of furan rings is 1. The molecule has 0 atom stereocenters. The summed E-state index contributed by atoms with van der Waals surface area (Å²) in [6, 6.07) is 17.0. The zero-order valence-electron chi connectivity index (χ0n) is 18.7. The molecular weight excluding hydrogens is 428 g/mol. The summed E-state index contributed by atoms with van der Waals surface area (Å²) in [4.78, 5) is 21.0. The second kappa shape index (κ2) is 9.35. The van der Waals surface area contributed by atoms with Crippen molar-refractivity contribution >= 4 is 34.2 Å². The number of carbonyl (C=O) groups excluding carboxylic acids is 1. The molecule has 5 N–H and O–H groups in total. The molecule has 0 unspecified atom stereocenters. The third-order valence-electron chi connectivity index (χ3n) is 6.17. The highest BCUT2D eigenvalue weighted by Gasteiger charge is 2.21. The highest BCUT2D eigenvalue weighted by atomic mass is 16.3. The van der Waals surface area contributed by atoms with Gasteiger partial charge in [-0.05, 0) is 30.5 Å². The summed E-state index contributed by atoms with van der Waals surface area (Å²) in [5.41, 5.74) is 9.20. The Morgan fingerprint density at radius 3 is 2.62 bits per heavy atom. The van der Waals surface area contributed by atoms with E-state index in [0.29, 0.717) is 35.1 Å². The largest absolute Gasteiger partial charge is 0.451 e. The molecule has 8 heteroatoms. The van der Waals surface area contributed by atoms with Gasteiger partial charge >= 0.3 is 0 Å². The van der Waals surface area contributed by atoms with Crippen LogP contribution in [0.15, 0.2) is 65.3 Å². The normalized spacial score (nSPS) is 13.8. The van der Waals surface area contributed by atoms with E-state index in [9.17, 15) is 4.79 Å². The molecule has 1 aliphatic rings. The zero-order valence-corrected chi connectivity index (χ0v) is 18.7. The first-order valence-electron chi connectivity index (χ1n) is 11.4. The molecule has 2 heterocycles. The van der Waals surface area contributed by atoms with E-state index in [-0.39, 0.29) is 23.2 Å². The Hall–Kier alpha value is -4.20. The molecule has 4 aromatic rings. The number of aromatic nitrogens is 2. The van der Waals surface area contributed by atoms with E-state index in [1.807, 2.05) is 48.5 Å². The van der Waals surface area contributed by atoms with Gasteiger partial charge in [-0.15, -0.1) is 0 Å². The van der Waals surface area contributed by atoms with Crippen LogP contribution < -0.4 is 16.4 Å². The molecule has 5 rings (SSSR count). The Morgan fingerprint density at radius 2 is 1.85 bits per heavy atom. The Balaban J connectivity index is 1.27. The lowest BCUT2D eigenvalue weighted by Crippen LogP contribution is -2.22. The van der Waals surface area contributed by atoms with Crippen molar-refractivity contribution in [3.63, 3.8) is 0 Å². The van der Waals surface area contributed by atoms with Crippen LogP contribution in [0.1, 0.15) is 52.9 Å². The highest BCUT2D eigenvalue weighted by molar-refractivity contribution is 6.16. The smallest absolute Gasteiger partial charge is 0.287 e. The predicted octanol–water partition coefficient (Wildman–Crippen LogP) is 4.51. The van der Waals surface area contributed by atoms with Crippen molar-refractivity contribution in [3.8, 4) is 0 Å². The standard InChI is InChI=1S/C26H26N6O2/c27-23(22-24(28)30-15-31-25(22)32-19-6-2-3-7-19)17-11-9-16(10-12-17)14-29-26(33)21-13-18-5-1-4-8-20(18)34-21/h1,4-5,8-13,15,19,27H,2-3,6-7,14H2,(H,29,33)(H3,28,30,31,32). The number of para-hydroxylation sites is 1. The van der Waals surface area contributed by atoms with E-state index in [1.54, 1.807) is 6.07 Å². The van der Waals surface area contributed by atoms with Gasteiger partial charge in [0.2, 0.25) is 0 Å². The number of anilines is 2. The second-order valence-corrected chi connectivity index (χ2v) is 8.51. The number of nitrogens with two attached hydrogens (primary N) is 1. The van der Waals surface area contributed by atoms with Crippen LogP contribution in [0.5, 0.6) is 0 Å². The fourth-order valence-electron chi connectivity index (χ4n) is 4.32. The Kier molecular flexibility index (Phi) is 5.95. The Bertz CT molecular complexity index is 1310. The third-order valence-corrected chi connectivity index (χ3v) is 6.17. The van der Waals surface area contributed by atoms with Crippen LogP contribution in [0.25, 0.3) is 11.0 Å². The minimum Gasteiger partial charge on any atom is -0.451 e. The molecule has 2 aromatic carbocycles. The van der Waals surface area contributed by atoms with E-state index < -0.39 is 0 Å². The summed E-state index contributed by atoms with van der Waals surface area (Å²) in [5.74, 6) is 0.889. The number of hydrogen-bond donors (Lipinski definition) is 4. The van der Waals surface area contributed by atoms with Crippen molar-refractivity contribution in [1.82, 2.24) is 15.3 Å². The Morgan fingerprint density at radius 1 is 1.09 bits per heavy atom. The van der Waals surface area contributed by atoms with Crippen LogP contribution in [-0.4, -0.2) is 27.6 Å². The molecule has 172 valence electrons. The molecule has 34 heavy (non-hydrogen) atoms. The van der Waals surface area contributed by atoms with Crippen molar-refractivity contribution in [2.45, 2.75) is 38.3 Å².